The second-order valence-corrected chi connectivity index (χ2v) is 5.53. The number of unbranched alkanes of at least 4 members (excludes halogenated alkanes) is 1. The molecule has 0 aliphatic heterocycles. The summed E-state index contributed by atoms with van der Waals surface area (Å²) in [6.45, 7) is 16.9. The van der Waals surface area contributed by atoms with Gasteiger partial charge in [0.1, 0.15) is 6.61 Å². The molecule has 0 heterocycles. The molecule has 7 heteroatoms. The third-order valence-electron chi connectivity index (χ3n) is 2.37. The van der Waals surface area contributed by atoms with Gasteiger partial charge in [-0.05, 0) is 34.4 Å². The van der Waals surface area contributed by atoms with Gasteiger partial charge in [0.2, 0.25) is 0 Å². The highest BCUT2D eigenvalue weighted by molar-refractivity contribution is 5.87. The van der Waals surface area contributed by atoms with Crippen LogP contribution in [-0.2, 0) is 23.9 Å². The topological polar surface area (TPSA) is 93.1 Å². The van der Waals surface area contributed by atoms with Crippen molar-refractivity contribution < 1.29 is 29.0 Å². The molecule has 7 nitrogen and oxygen atoms in total. The molecule has 150 valence electrons. The number of hydrogen-bond acceptors (Lipinski definition) is 6. The zero-order valence-electron chi connectivity index (χ0n) is 16.7. The van der Waals surface area contributed by atoms with Crippen LogP contribution in [0.25, 0.3) is 0 Å². The molecule has 0 aliphatic rings. The van der Waals surface area contributed by atoms with E-state index in [2.05, 4.69) is 26.7 Å². The van der Waals surface area contributed by atoms with Crippen molar-refractivity contribution >= 4 is 17.9 Å². The molecule has 0 aromatic heterocycles. The van der Waals surface area contributed by atoms with Crippen molar-refractivity contribution in [1.29, 1.82) is 0 Å². The Balaban J connectivity index is -0.000000327. The molecular formula is C19H33NO6. The van der Waals surface area contributed by atoms with Gasteiger partial charge in [-0.1, -0.05) is 33.1 Å². The van der Waals surface area contributed by atoms with Crippen LogP contribution in [0.2, 0.25) is 0 Å². The van der Waals surface area contributed by atoms with Gasteiger partial charge in [-0.3, -0.25) is 0 Å². The number of hydrogen-bond donors (Lipinski definition) is 1. The second kappa shape index (κ2) is 18.9. The van der Waals surface area contributed by atoms with E-state index in [9.17, 15) is 14.4 Å². The van der Waals surface area contributed by atoms with E-state index in [1.165, 1.54) is 0 Å². The zero-order chi connectivity index (χ0) is 21.1. The van der Waals surface area contributed by atoms with Gasteiger partial charge in [-0.2, -0.15) is 0 Å². The molecule has 0 rings (SSSR count). The third-order valence-corrected chi connectivity index (χ3v) is 2.37. The Morgan fingerprint density at radius 3 is 1.65 bits per heavy atom. The maximum Gasteiger partial charge on any atom is 0.333 e. The van der Waals surface area contributed by atoms with Crippen molar-refractivity contribution in [1.82, 2.24) is 4.90 Å². The van der Waals surface area contributed by atoms with Gasteiger partial charge in [0.25, 0.3) is 0 Å². The molecule has 0 unspecified atom stereocenters. The monoisotopic (exact) mass is 371 g/mol. The van der Waals surface area contributed by atoms with E-state index in [1.807, 2.05) is 19.0 Å². The first-order chi connectivity index (χ1) is 12.0. The van der Waals surface area contributed by atoms with Crippen molar-refractivity contribution in [2.45, 2.75) is 33.6 Å². The summed E-state index contributed by atoms with van der Waals surface area (Å²) in [6, 6.07) is 0. The Morgan fingerprint density at radius 1 is 1.00 bits per heavy atom. The van der Waals surface area contributed by atoms with E-state index in [1.54, 1.807) is 13.8 Å². The van der Waals surface area contributed by atoms with Crippen LogP contribution in [0.5, 0.6) is 0 Å². The molecule has 0 amide bonds. The first-order valence-corrected chi connectivity index (χ1v) is 8.14. The van der Waals surface area contributed by atoms with E-state index in [4.69, 9.17) is 14.6 Å². The minimum Gasteiger partial charge on any atom is -0.478 e. The quantitative estimate of drug-likeness (QED) is 0.378. The molecule has 0 radical (unpaired) electrons. The molecule has 0 atom stereocenters. The molecule has 26 heavy (non-hydrogen) atoms. The van der Waals surface area contributed by atoms with Gasteiger partial charge in [-0.15, -0.1) is 0 Å². The summed E-state index contributed by atoms with van der Waals surface area (Å²) in [7, 11) is 3.85. The number of ether oxygens (including phenoxy) is 2. The number of likely N-dealkylation sites (N-methyl/N-ethyl adjacent to an activating group) is 1. The van der Waals surface area contributed by atoms with Gasteiger partial charge in [0.15, 0.2) is 0 Å². The zero-order valence-corrected chi connectivity index (χ0v) is 16.7. The van der Waals surface area contributed by atoms with Gasteiger partial charge in [-0.25, -0.2) is 14.4 Å². The highest BCUT2D eigenvalue weighted by atomic mass is 16.5. The fraction of sp³-hybridized carbons (Fsp3) is 0.526. The molecular weight excluding hydrogens is 338 g/mol. The van der Waals surface area contributed by atoms with E-state index >= 15 is 0 Å². The predicted octanol–water partition coefficient (Wildman–Crippen LogP) is 2.83. The number of esters is 2. The Labute approximate surface area is 157 Å². The maximum atomic E-state index is 10.8. The number of rotatable bonds is 9. The van der Waals surface area contributed by atoms with Crippen LogP contribution in [0.4, 0.5) is 0 Å². The lowest BCUT2D eigenvalue weighted by molar-refractivity contribution is -0.140. The number of carboxylic acids is 1. The first-order valence-electron chi connectivity index (χ1n) is 8.14. The Hall–Kier alpha value is -2.41. The maximum absolute atomic E-state index is 10.8. The average molecular weight is 371 g/mol. The number of nitrogens with zero attached hydrogens (tertiary/aromatic N) is 1. The fourth-order valence-corrected chi connectivity index (χ4v) is 0.877. The van der Waals surface area contributed by atoms with Crippen molar-refractivity contribution in [2.24, 2.45) is 0 Å². The van der Waals surface area contributed by atoms with Crippen molar-refractivity contribution in [3.63, 3.8) is 0 Å². The molecule has 0 fully saturated rings. The normalized spacial score (nSPS) is 8.85. The van der Waals surface area contributed by atoms with E-state index in [0.717, 1.165) is 25.5 Å². The lowest BCUT2D eigenvalue weighted by atomic mass is 10.3. The summed E-state index contributed by atoms with van der Waals surface area (Å²) < 4.78 is 9.64. The standard InChI is InChI=1S/C8H15NO2.C8H14O2.C3H4O2/c1-7(2)8(10)11-6-5-9(3)4;1-4-5-6-10-8(9)7(2)3;1-2-3(4)5/h1,5-6H2,2-4H3;2,4-6H2,1,3H3;2H,1H2,(H,4,5). The van der Waals surface area contributed by atoms with Crippen LogP contribution in [0.15, 0.2) is 37.0 Å². The van der Waals surface area contributed by atoms with Crippen molar-refractivity contribution in [2.75, 3.05) is 33.9 Å². The highest BCUT2D eigenvalue weighted by Gasteiger charge is 2.01. The highest BCUT2D eigenvalue weighted by Crippen LogP contribution is 1.94. The molecule has 0 aromatic rings. The first kappa shape index (κ1) is 28.4. The molecule has 0 saturated carbocycles. The predicted molar refractivity (Wildman–Crippen MR) is 103 cm³/mol. The summed E-state index contributed by atoms with van der Waals surface area (Å²) in [5, 5.41) is 7.60. The summed E-state index contributed by atoms with van der Waals surface area (Å²) in [4.78, 5) is 32.7. The van der Waals surface area contributed by atoms with Gasteiger partial charge in [0.05, 0.1) is 6.61 Å². The number of carbonyl (C=O) groups excluding carboxylic acids is 2. The van der Waals surface area contributed by atoms with Crippen LogP contribution in [-0.4, -0.2) is 61.8 Å². The van der Waals surface area contributed by atoms with Crippen LogP contribution in [0, 0.1) is 0 Å². The smallest absolute Gasteiger partial charge is 0.333 e. The van der Waals surface area contributed by atoms with Crippen LogP contribution in [0.3, 0.4) is 0 Å². The lowest BCUT2D eigenvalue weighted by Gasteiger charge is -2.09. The summed E-state index contributed by atoms with van der Waals surface area (Å²) >= 11 is 0. The largest absolute Gasteiger partial charge is 0.478 e. The van der Waals surface area contributed by atoms with E-state index in [-0.39, 0.29) is 11.9 Å². The minimum absolute atomic E-state index is 0.284. The van der Waals surface area contributed by atoms with Crippen LogP contribution in [0.1, 0.15) is 33.6 Å². The van der Waals surface area contributed by atoms with Gasteiger partial charge >= 0.3 is 17.9 Å². The number of carboxylic acid groups (broad SMARTS) is 1. The average Bonchev–Trinajstić information content (AvgIpc) is 2.55. The Morgan fingerprint density at radius 2 is 1.38 bits per heavy atom. The molecule has 1 N–H and O–H groups in total. The summed E-state index contributed by atoms with van der Waals surface area (Å²) in [5.41, 5.74) is 0.917. The van der Waals surface area contributed by atoms with E-state index < -0.39 is 5.97 Å². The van der Waals surface area contributed by atoms with Gasteiger partial charge in [0, 0.05) is 23.8 Å². The van der Waals surface area contributed by atoms with Gasteiger partial charge < -0.3 is 19.5 Å². The molecule has 0 saturated heterocycles. The Kier molecular flexibility index (Phi) is 20.7. The van der Waals surface area contributed by atoms with Crippen LogP contribution >= 0.6 is 0 Å². The van der Waals surface area contributed by atoms with Crippen molar-refractivity contribution in [3.05, 3.63) is 37.0 Å². The second-order valence-electron chi connectivity index (χ2n) is 5.53. The number of carbonyl (C=O) groups is 3. The molecule has 0 aliphatic carbocycles. The molecule has 0 aromatic carbocycles. The van der Waals surface area contributed by atoms with Crippen LogP contribution < -0.4 is 0 Å². The SMILES string of the molecule is C=C(C)C(=O)OCCCC.C=C(C)C(=O)OCCN(C)C.C=CC(=O)O. The van der Waals surface area contributed by atoms with Crippen molar-refractivity contribution in [3.8, 4) is 0 Å². The minimum atomic E-state index is -0.981. The number of aliphatic carboxylic acids is 1. The lowest BCUT2D eigenvalue weighted by Crippen LogP contribution is -2.20. The summed E-state index contributed by atoms with van der Waals surface area (Å²) in [5.74, 6) is -1.58. The van der Waals surface area contributed by atoms with E-state index in [0.29, 0.717) is 24.4 Å². The third kappa shape index (κ3) is 26.5. The summed E-state index contributed by atoms with van der Waals surface area (Å²) in [6.07, 6.45) is 2.81. The molecule has 0 spiro atoms. The molecule has 0 bridgehead atoms. The fourth-order valence-electron chi connectivity index (χ4n) is 0.877. The Bertz CT molecular complexity index is 469.